The summed E-state index contributed by atoms with van der Waals surface area (Å²) in [5.74, 6) is 0. The van der Waals surface area contributed by atoms with Crippen LogP contribution in [0.25, 0.3) is 76.2 Å². The van der Waals surface area contributed by atoms with Crippen LogP contribution < -0.4 is 9.80 Å². The molecule has 10 aromatic carbocycles. The summed E-state index contributed by atoms with van der Waals surface area (Å²) in [6, 6.07) is 61.5. The zero-order chi connectivity index (χ0) is 40.2. The van der Waals surface area contributed by atoms with Gasteiger partial charge >= 0.3 is 0 Å². The maximum absolute atomic E-state index is 6.88. The predicted octanol–water partition coefficient (Wildman–Crippen LogP) is 16.6. The molecule has 4 heteroatoms. The predicted molar refractivity (Wildman–Crippen MR) is 253 cm³/mol. The van der Waals surface area contributed by atoms with Crippen molar-refractivity contribution in [1.29, 1.82) is 0 Å². The van der Waals surface area contributed by atoms with Gasteiger partial charge in [-0.2, -0.15) is 0 Å². The molecule has 0 saturated carbocycles. The van der Waals surface area contributed by atoms with Crippen molar-refractivity contribution in [3.05, 3.63) is 192 Å². The quantitative estimate of drug-likeness (QED) is 0.158. The van der Waals surface area contributed by atoms with Crippen molar-refractivity contribution >= 4 is 110 Å². The molecule has 0 amide bonds. The number of hydrogen-bond acceptors (Lipinski definition) is 4. The van der Waals surface area contributed by atoms with Gasteiger partial charge in [-0.1, -0.05) is 133 Å². The first-order chi connectivity index (χ1) is 29.4. The number of nitrogens with zero attached hydrogens (tertiary/aromatic N) is 2. The Hall–Kier alpha value is -7.56. The highest BCUT2D eigenvalue weighted by Crippen LogP contribution is 2.51. The van der Waals surface area contributed by atoms with Crippen LogP contribution in [-0.2, 0) is 0 Å². The Morgan fingerprint density at radius 3 is 1.12 bits per heavy atom. The molecule has 286 valence electrons. The molecule has 12 rings (SSSR count). The van der Waals surface area contributed by atoms with Crippen LogP contribution in [0.2, 0.25) is 0 Å². The van der Waals surface area contributed by atoms with Gasteiger partial charge in [0.05, 0.1) is 22.7 Å². The van der Waals surface area contributed by atoms with Crippen molar-refractivity contribution in [1.82, 2.24) is 0 Å². The molecule has 0 N–H and O–H groups in total. The van der Waals surface area contributed by atoms with Crippen molar-refractivity contribution in [3.8, 4) is 0 Å². The molecule has 0 aliphatic carbocycles. The van der Waals surface area contributed by atoms with Crippen LogP contribution in [0.3, 0.4) is 0 Å². The fraction of sp³-hybridized carbons (Fsp3) is 0.0714. The maximum atomic E-state index is 6.88. The molecule has 0 bridgehead atoms. The number of fused-ring (bicyclic) bond motifs is 6. The first kappa shape index (κ1) is 34.5. The molecule has 0 aliphatic heterocycles. The van der Waals surface area contributed by atoms with E-state index in [2.05, 4.69) is 207 Å². The number of hydrogen-bond donors (Lipinski definition) is 0. The number of furan rings is 2. The molecular formula is C56H40N2O2. The van der Waals surface area contributed by atoms with E-state index >= 15 is 0 Å². The monoisotopic (exact) mass is 772 g/mol. The second kappa shape index (κ2) is 13.0. The van der Waals surface area contributed by atoms with Crippen molar-refractivity contribution in [2.75, 3.05) is 9.80 Å². The number of aryl methyl sites for hydroxylation is 4. The van der Waals surface area contributed by atoms with Gasteiger partial charge in [-0.25, -0.2) is 0 Å². The Bertz CT molecular complexity index is 3410. The Morgan fingerprint density at radius 2 is 0.683 bits per heavy atom. The van der Waals surface area contributed by atoms with Gasteiger partial charge in [0.1, 0.15) is 11.2 Å². The van der Waals surface area contributed by atoms with E-state index in [0.717, 1.165) is 100 Å². The van der Waals surface area contributed by atoms with Crippen LogP contribution in [0.4, 0.5) is 34.1 Å². The minimum absolute atomic E-state index is 0.889. The van der Waals surface area contributed by atoms with E-state index in [1.54, 1.807) is 0 Å². The molecule has 2 heterocycles. The lowest BCUT2D eigenvalue weighted by Gasteiger charge is -2.30. The Labute approximate surface area is 347 Å². The lowest BCUT2D eigenvalue weighted by Crippen LogP contribution is -2.13. The van der Waals surface area contributed by atoms with Crippen molar-refractivity contribution in [2.45, 2.75) is 27.7 Å². The standard InChI is InChI=1S/C56H40N2O2/c1-33-21-27-43-41-19-11-13-35(3)53(41)59-55(43)51(33)57(39-15-7-5-8-16-39)47-31-25-37-24-30-46-48(32-26-38-23-29-45(47)49(37)50(38)46)58(40-17-9-6-10-18-40)52-34(2)22-28-44-42-20-12-14-36(4)54(42)60-56(44)52/h5-32H,1-4H3. The van der Waals surface area contributed by atoms with Crippen LogP contribution in [0.15, 0.2) is 179 Å². The van der Waals surface area contributed by atoms with E-state index in [-0.39, 0.29) is 0 Å². The highest BCUT2D eigenvalue weighted by atomic mass is 16.3. The first-order valence-corrected chi connectivity index (χ1v) is 20.7. The van der Waals surface area contributed by atoms with Gasteiger partial charge in [0.2, 0.25) is 0 Å². The molecule has 0 atom stereocenters. The van der Waals surface area contributed by atoms with Gasteiger partial charge in [0.15, 0.2) is 11.2 Å². The van der Waals surface area contributed by atoms with E-state index in [1.807, 2.05) is 0 Å². The third-order valence-corrected chi connectivity index (χ3v) is 12.7. The lowest BCUT2D eigenvalue weighted by atomic mass is 9.91. The summed E-state index contributed by atoms with van der Waals surface area (Å²) >= 11 is 0. The minimum atomic E-state index is 0.889. The second-order valence-corrected chi connectivity index (χ2v) is 16.3. The summed E-state index contributed by atoms with van der Waals surface area (Å²) in [5.41, 5.74) is 14.6. The number of anilines is 6. The van der Waals surface area contributed by atoms with Gasteiger partial charge in [-0.15, -0.1) is 0 Å². The zero-order valence-electron chi connectivity index (χ0n) is 33.9. The van der Waals surface area contributed by atoms with Crippen LogP contribution >= 0.6 is 0 Å². The van der Waals surface area contributed by atoms with E-state index < -0.39 is 0 Å². The summed E-state index contributed by atoms with van der Waals surface area (Å²) in [7, 11) is 0. The molecule has 0 saturated heterocycles. The van der Waals surface area contributed by atoms with Gasteiger partial charge in [0.25, 0.3) is 0 Å². The fourth-order valence-electron chi connectivity index (χ4n) is 9.82. The molecule has 2 aromatic heterocycles. The zero-order valence-corrected chi connectivity index (χ0v) is 33.9. The Morgan fingerprint density at radius 1 is 0.300 bits per heavy atom. The molecule has 0 unspecified atom stereocenters. The van der Waals surface area contributed by atoms with E-state index in [0.29, 0.717) is 0 Å². The molecule has 0 fully saturated rings. The molecular weight excluding hydrogens is 733 g/mol. The third-order valence-electron chi connectivity index (χ3n) is 12.7. The van der Waals surface area contributed by atoms with Crippen molar-refractivity contribution in [2.24, 2.45) is 0 Å². The van der Waals surface area contributed by atoms with E-state index in [1.165, 1.54) is 32.3 Å². The van der Waals surface area contributed by atoms with Crippen LogP contribution in [0.5, 0.6) is 0 Å². The summed E-state index contributed by atoms with van der Waals surface area (Å²) in [6.07, 6.45) is 0. The highest BCUT2D eigenvalue weighted by molar-refractivity contribution is 6.29. The summed E-state index contributed by atoms with van der Waals surface area (Å²) in [4.78, 5) is 4.82. The summed E-state index contributed by atoms with van der Waals surface area (Å²) in [5, 5.41) is 11.7. The SMILES string of the molecule is Cc1ccc2c(oc3c(C)cccc32)c1N(c1ccccc1)c1ccc2ccc3c(N(c4ccccc4)c4c(C)ccc5c4oc4c(C)cccc45)ccc4ccc1c2c43. The largest absolute Gasteiger partial charge is 0.454 e. The normalized spacial score (nSPS) is 12.0. The highest BCUT2D eigenvalue weighted by Gasteiger charge is 2.27. The first-order valence-electron chi connectivity index (χ1n) is 20.7. The van der Waals surface area contributed by atoms with Crippen LogP contribution in [0, 0.1) is 27.7 Å². The van der Waals surface area contributed by atoms with Gasteiger partial charge in [-0.05, 0) is 108 Å². The Balaban J connectivity index is 1.15. The third kappa shape index (κ3) is 4.91. The molecule has 0 spiro atoms. The molecule has 0 aliphatic rings. The fourth-order valence-corrected chi connectivity index (χ4v) is 9.82. The molecule has 4 nitrogen and oxygen atoms in total. The minimum Gasteiger partial charge on any atom is -0.454 e. The van der Waals surface area contributed by atoms with E-state index in [4.69, 9.17) is 8.83 Å². The average molecular weight is 773 g/mol. The number of rotatable bonds is 6. The average Bonchev–Trinajstić information content (AvgIpc) is 3.86. The molecule has 0 radical (unpaired) electrons. The number of benzene rings is 10. The molecule has 12 aromatic rings. The van der Waals surface area contributed by atoms with Crippen molar-refractivity contribution < 1.29 is 8.83 Å². The number of para-hydroxylation sites is 4. The van der Waals surface area contributed by atoms with Crippen molar-refractivity contribution in [3.63, 3.8) is 0 Å². The molecule has 60 heavy (non-hydrogen) atoms. The van der Waals surface area contributed by atoms with Gasteiger partial charge in [-0.3, -0.25) is 0 Å². The van der Waals surface area contributed by atoms with Gasteiger partial charge < -0.3 is 18.6 Å². The van der Waals surface area contributed by atoms with Gasteiger partial charge in [0, 0.05) is 43.7 Å². The lowest BCUT2D eigenvalue weighted by molar-refractivity contribution is 0.665. The summed E-state index contributed by atoms with van der Waals surface area (Å²) in [6.45, 7) is 8.63. The van der Waals surface area contributed by atoms with Crippen LogP contribution in [0.1, 0.15) is 22.3 Å². The summed E-state index contributed by atoms with van der Waals surface area (Å²) < 4.78 is 13.8. The van der Waals surface area contributed by atoms with E-state index in [9.17, 15) is 0 Å². The van der Waals surface area contributed by atoms with Crippen LogP contribution in [-0.4, -0.2) is 0 Å². The maximum Gasteiger partial charge on any atom is 0.159 e. The Kier molecular flexibility index (Phi) is 7.45. The second-order valence-electron chi connectivity index (χ2n) is 16.3. The smallest absolute Gasteiger partial charge is 0.159 e. The topological polar surface area (TPSA) is 32.8 Å².